The van der Waals surface area contributed by atoms with Gasteiger partial charge in [-0.05, 0) is 18.4 Å². The van der Waals surface area contributed by atoms with E-state index < -0.39 is 0 Å². The van der Waals surface area contributed by atoms with Gasteiger partial charge in [0, 0.05) is 33.2 Å². The number of halogens is 1. The third-order valence-corrected chi connectivity index (χ3v) is 4.38. The molecule has 1 N–H and O–H groups in total. The number of anilines is 1. The highest BCUT2D eigenvalue weighted by atomic mass is 79.9. The maximum Gasteiger partial charge on any atom is 0.133 e. The summed E-state index contributed by atoms with van der Waals surface area (Å²) in [5, 5.41) is 6.35. The van der Waals surface area contributed by atoms with Crippen LogP contribution in [0, 0.1) is 0 Å². The van der Waals surface area contributed by atoms with Crippen molar-refractivity contribution in [3.05, 3.63) is 34.9 Å². The van der Waals surface area contributed by atoms with Crippen molar-refractivity contribution in [1.29, 1.82) is 0 Å². The van der Waals surface area contributed by atoms with Crippen LogP contribution >= 0.6 is 27.7 Å². The van der Waals surface area contributed by atoms with Gasteiger partial charge in [-0.2, -0.15) is 11.8 Å². The summed E-state index contributed by atoms with van der Waals surface area (Å²) in [6.45, 7) is 3.14. The lowest BCUT2D eigenvalue weighted by Gasteiger charge is -2.12. The Kier molecular flexibility index (Phi) is 4.29. The van der Waals surface area contributed by atoms with Gasteiger partial charge >= 0.3 is 0 Å². The van der Waals surface area contributed by atoms with Gasteiger partial charge in [0.25, 0.3) is 0 Å². The third kappa shape index (κ3) is 2.93. The highest BCUT2D eigenvalue weighted by molar-refractivity contribution is 9.10. The quantitative estimate of drug-likeness (QED) is 0.918. The van der Waals surface area contributed by atoms with Crippen LogP contribution in [0.1, 0.15) is 6.92 Å². The number of aromatic nitrogens is 1. The van der Waals surface area contributed by atoms with Crippen molar-refractivity contribution >= 4 is 44.3 Å². The van der Waals surface area contributed by atoms with E-state index in [0.717, 1.165) is 22.2 Å². The molecular formula is C13H15BrN2S. The monoisotopic (exact) mass is 310 g/mol. The topological polar surface area (TPSA) is 24.9 Å². The second kappa shape index (κ2) is 5.74. The molecule has 2 aromatic rings. The van der Waals surface area contributed by atoms with Gasteiger partial charge in [0.15, 0.2) is 0 Å². The van der Waals surface area contributed by atoms with Crippen molar-refractivity contribution in [1.82, 2.24) is 4.98 Å². The molecule has 4 heteroatoms. The van der Waals surface area contributed by atoms with Crippen molar-refractivity contribution in [3.63, 3.8) is 0 Å². The first-order valence-electron chi connectivity index (χ1n) is 5.52. The average Bonchev–Trinajstić information content (AvgIpc) is 2.36. The Labute approximate surface area is 114 Å². The molecule has 0 amide bonds. The van der Waals surface area contributed by atoms with Gasteiger partial charge < -0.3 is 5.32 Å². The van der Waals surface area contributed by atoms with E-state index >= 15 is 0 Å². The van der Waals surface area contributed by atoms with Gasteiger partial charge in [0.2, 0.25) is 0 Å². The summed E-state index contributed by atoms with van der Waals surface area (Å²) in [6, 6.07) is 8.22. The molecule has 90 valence electrons. The summed E-state index contributed by atoms with van der Waals surface area (Å²) in [5.41, 5.74) is 0. The molecule has 0 fully saturated rings. The zero-order valence-electron chi connectivity index (χ0n) is 9.90. The first-order chi connectivity index (χ1) is 8.22. The van der Waals surface area contributed by atoms with Crippen LogP contribution in [0.4, 0.5) is 5.82 Å². The molecule has 0 aliphatic heterocycles. The molecule has 0 saturated heterocycles. The zero-order valence-corrected chi connectivity index (χ0v) is 12.3. The predicted molar refractivity (Wildman–Crippen MR) is 80.9 cm³/mol. The highest BCUT2D eigenvalue weighted by Crippen LogP contribution is 2.27. The summed E-state index contributed by atoms with van der Waals surface area (Å²) >= 11 is 5.42. The van der Waals surface area contributed by atoms with Crippen LogP contribution in [0.5, 0.6) is 0 Å². The molecule has 1 aromatic carbocycles. The first kappa shape index (κ1) is 12.7. The smallest absolute Gasteiger partial charge is 0.133 e. The molecule has 1 atom stereocenters. The van der Waals surface area contributed by atoms with Crippen LogP contribution in [-0.2, 0) is 0 Å². The second-order valence-corrected chi connectivity index (χ2v) is 6.05. The summed E-state index contributed by atoms with van der Waals surface area (Å²) in [7, 11) is 0. The van der Waals surface area contributed by atoms with Crippen molar-refractivity contribution in [2.45, 2.75) is 12.2 Å². The fourth-order valence-corrected chi connectivity index (χ4v) is 2.38. The van der Waals surface area contributed by atoms with Gasteiger partial charge in [-0.15, -0.1) is 0 Å². The summed E-state index contributed by atoms with van der Waals surface area (Å²) in [6.07, 6.45) is 3.97. The fourth-order valence-electron chi connectivity index (χ4n) is 1.63. The number of benzene rings is 1. The van der Waals surface area contributed by atoms with E-state index in [1.807, 2.05) is 30.1 Å². The molecular weight excluding hydrogens is 296 g/mol. The van der Waals surface area contributed by atoms with Crippen LogP contribution in [0.15, 0.2) is 34.9 Å². The third-order valence-electron chi connectivity index (χ3n) is 2.71. The maximum atomic E-state index is 4.41. The van der Waals surface area contributed by atoms with E-state index in [1.54, 1.807) is 0 Å². The Morgan fingerprint density at radius 3 is 2.94 bits per heavy atom. The number of hydrogen-bond acceptors (Lipinski definition) is 3. The minimum atomic E-state index is 0.583. The lowest BCUT2D eigenvalue weighted by molar-refractivity contribution is 0.995. The van der Waals surface area contributed by atoms with Gasteiger partial charge in [-0.25, -0.2) is 4.98 Å². The van der Waals surface area contributed by atoms with E-state index in [-0.39, 0.29) is 0 Å². The number of thioether (sulfide) groups is 1. The van der Waals surface area contributed by atoms with Gasteiger partial charge in [0.05, 0.1) is 0 Å². The Balaban J connectivity index is 2.31. The SMILES string of the molecule is CSC(C)CNc1nccc2c(Br)cccc12. The van der Waals surface area contributed by atoms with Crippen molar-refractivity contribution in [2.75, 3.05) is 18.1 Å². The zero-order chi connectivity index (χ0) is 12.3. The molecule has 0 spiro atoms. The Hall–Kier alpha value is -0.740. The molecule has 17 heavy (non-hydrogen) atoms. The Morgan fingerprint density at radius 1 is 1.35 bits per heavy atom. The molecule has 1 aromatic heterocycles. The minimum absolute atomic E-state index is 0.583. The molecule has 2 rings (SSSR count). The first-order valence-corrected chi connectivity index (χ1v) is 7.60. The minimum Gasteiger partial charge on any atom is -0.368 e. The molecule has 2 nitrogen and oxygen atoms in total. The van der Waals surface area contributed by atoms with Crippen LogP contribution in [0.3, 0.4) is 0 Å². The van der Waals surface area contributed by atoms with Crippen LogP contribution in [-0.4, -0.2) is 23.0 Å². The normalized spacial score (nSPS) is 12.6. The fraction of sp³-hybridized carbons (Fsp3) is 0.308. The summed E-state index contributed by atoms with van der Waals surface area (Å²) in [4.78, 5) is 4.41. The van der Waals surface area contributed by atoms with Crippen LogP contribution in [0.2, 0.25) is 0 Å². The number of nitrogens with one attached hydrogen (secondary N) is 1. The predicted octanol–water partition coefficient (Wildman–Crippen LogP) is 4.16. The number of rotatable bonds is 4. The highest BCUT2D eigenvalue weighted by Gasteiger charge is 2.05. The molecule has 0 saturated carbocycles. The van der Waals surface area contributed by atoms with Crippen molar-refractivity contribution in [2.24, 2.45) is 0 Å². The molecule has 0 radical (unpaired) electrons. The Bertz CT molecular complexity index is 516. The van der Waals surface area contributed by atoms with E-state index in [1.165, 1.54) is 5.39 Å². The lowest BCUT2D eigenvalue weighted by Crippen LogP contribution is -2.13. The number of hydrogen-bond donors (Lipinski definition) is 1. The van der Waals surface area contributed by atoms with Crippen molar-refractivity contribution in [3.8, 4) is 0 Å². The number of pyridine rings is 1. The molecule has 0 aliphatic rings. The summed E-state index contributed by atoms with van der Waals surface area (Å²) < 4.78 is 1.11. The molecule has 1 unspecified atom stereocenters. The van der Waals surface area contributed by atoms with Crippen molar-refractivity contribution < 1.29 is 0 Å². The average molecular weight is 311 g/mol. The van der Waals surface area contributed by atoms with Gasteiger partial charge in [-0.3, -0.25) is 0 Å². The summed E-state index contributed by atoms with van der Waals surface area (Å²) in [5.74, 6) is 0.963. The standard InChI is InChI=1S/C13H15BrN2S/c1-9(17-2)8-16-13-11-4-3-5-12(14)10(11)6-7-15-13/h3-7,9H,8H2,1-2H3,(H,15,16). The van der Waals surface area contributed by atoms with E-state index in [9.17, 15) is 0 Å². The number of fused-ring (bicyclic) bond motifs is 1. The van der Waals surface area contributed by atoms with E-state index in [2.05, 4.69) is 51.5 Å². The Morgan fingerprint density at radius 2 is 2.18 bits per heavy atom. The van der Waals surface area contributed by atoms with Crippen LogP contribution in [0.25, 0.3) is 10.8 Å². The maximum absolute atomic E-state index is 4.41. The number of nitrogens with zero attached hydrogens (tertiary/aromatic N) is 1. The van der Waals surface area contributed by atoms with Crippen LogP contribution < -0.4 is 5.32 Å². The molecule has 0 aliphatic carbocycles. The molecule has 1 heterocycles. The largest absolute Gasteiger partial charge is 0.368 e. The lowest BCUT2D eigenvalue weighted by atomic mass is 10.1. The van der Waals surface area contributed by atoms with E-state index in [0.29, 0.717) is 5.25 Å². The van der Waals surface area contributed by atoms with E-state index in [4.69, 9.17) is 0 Å². The molecule has 0 bridgehead atoms. The van der Waals surface area contributed by atoms with Gasteiger partial charge in [0.1, 0.15) is 5.82 Å². The van der Waals surface area contributed by atoms with Gasteiger partial charge in [-0.1, -0.05) is 35.0 Å². The second-order valence-electron chi connectivity index (χ2n) is 3.92.